The van der Waals surface area contributed by atoms with Gasteiger partial charge in [0.15, 0.2) is 0 Å². The number of anilines is 1. The Morgan fingerprint density at radius 3 is 2.21 bits per heavy atom. The van der Waals surface area contributed by atoms with Gasteiger partial charge in [0.1, 0.15) is 28.0 Å². The second-order valence-corrected chi connectivity index (χ2v) is 9.97. The molecular weight excluding hydrogens is 462 g/mol. The summed E-state index contributed by atoms with van der Waals surface area (Å²) in [7, 11) is -2.52. The number of piperidine rings is 1. The molecule has 1 aliphatic rings. The van der Waals surface area contributed by atoms with Gasteiger partial charge in [-0.2, -0.15) is 4.31 Å². The summed E-state index contributed by atoms with van der Waals surface area (Å²) in [6.45, 7) is 0.0960. The van der Waals surface area contributed by atoms with E-state index < -0.39 is 26.6 Å². The molecule has 0 bridgehead atoms. The Balaban J connectivity index is 1.38. The quantitative estimate of drug-likeness (QED) is 0.501. The number of halogens is 2. The van der Waals surface area contributed by atoms with E-state index in [4.69, 9.17) is 4.74 Å². The van der Waals surface area contributed by atoms with Gasteiger partial charge in [-0.25, -0.2) is 17.2 Å². The van der Waals surface area contributed by atoms with E-state index in [1.54, 1.807) is 31.3 Å². The number of nitrogens with zero attached hydrogens (tertiary/aromatic N) is 2. The zero-order valence-corrected chi connectivity index (χ0v) is 19.3. The van der Waals surface area contributed by atoms with Gasteiger partial charge >= 0.3 is 0 Å². The van der Waals surface area contributed by atoms with E-state index in [0.717, 1.165) is 16.4 Å². The lowest BCUT2D eigenvalue weighted by molar-refractivity contribution is -0.123. The standard InChI is InChI=1S/C25H24F2N2O4S/c1-28(20-8-10-22(11-9-20)33-21-5-3-2-4-6-21)25(30)18-13-15-29(16-14-18)34(31,32)24-17-19(26)7-12-23(24)27/h2-12,17-18H,13-16H2,1H3. The summed E-state index contributed by atoms with van der Waals surface area (Å²) < 4.78 is 59.9. The smallest absolute Gasteiger partial charge is 0.246 e. The molecule has 178 valence electrons. The van der Waals surface area contributed by atoms with Gasteiger partial charge in [-0.15, -0.1) is 0 Å². The molecule has 0 aromatic heterocycles. The molecule has 0 atom stereocenters. The lowest BCUT2D eigenvalue weighted by Gasteiger charge is -2.32. The van der Waals surface area contributed by atoms with Crippen molar-refractivity contribution in [1.29, 1.82) is 0 Å². The number of amides is 1. The lowest BCUT2D eigenvalue weighted by atomic mass is 9.96. The largest absolute Gasteiger partial charge is 0.457 e. The van der Waals surface area contributed by atoms with E-state index in [9.17, 15) is 22.0 Å². The highest BCUT2D eigenvalue weighted by Gasteiger charge is 2.34. The zero-order chi connectivity index (χ0) is 24.3. The molecule has 0 radical (unpaired) electrons. The molecule has 1 amide bonds. The maximum atomic E-state index is 14.0. The lowest BCUT2D eigenvalue weighted by Crippen LogP contribution is -2.43. The first kappa shape index (κ1) is 23.8. The van der Waals surface area contributed by atoms with Crippen LogP contribution < -0.4 is 9.64 Å². The summed E-state index contributed by atoms with van der Waals surface area (Å²) >= 11 is 0. The first-order chi connectivity index (χ1) is 16.3. The fourth-order valence-electron chi connectivity index (χ4n) is 3.92. The van der Waals surface area contributed by atoms with Crippen LogP contribution in [-0.2, 0) is 14.8 Å². The fraction of sp³-hybridized carbons (Fsp3) is 0.240. The fourth-order valence-corrected chi connectivity index (χ4v) is 5.47. The molecule has 34 heavy (non-hydrogen) atoms. The Morgan fingerprint density at radius 2 is 1.56 bits per heavy atom. The Morgan fingerprint density at radius 1 is 0.941 bits per heavy atom. The predicted molar refractivity (Wildman–Crippen MR) is 124 cm³/mol. The van der Waals surface area contributed by atoms with Gasteiger partial charge < -0.3 is 9.64 Å². The molecule has 1 aliphatic heterocycles. The first-order valence-corrected chi connectivity index (χ1v) is 12.3. The number of carbonyl (C=O) groups excluding carboxylic acids is 1. The van der Waals surface area contributed by atoms with E-state index >= 15 is 0 Å². The van der Waals surface area contributed by atoms with Gasteiger partial charge in [-0.1, -0.05) is 18.2 Å². The van der Waals surface area contributed by atoms with Crippen molar-refractivity contribution in [3.63, 3.8) is 0 Å². The van der Waals surface area contributed by atoms with E-state index in [2.05, 4.69) is 0 Å². The van der Waals surface area contributed by atoms with Crippen molar-refractivity contribution in [3.05, 3.63) is 84.4 Å². The van der Waals surface area contributed by atoms with Crippen molar-refractivity contribution in [3.8, 4) is 11.5 Å². The van der Waals surface area contributed by atoms with Gasteiger partial charge in [0.25, 0.3) is 0 Å². The summed E-state index contributed by atoms with van der Waals surface area (Å²) in [5, 5.41) is 0. The van der Waals surface area contributed by atoms with Crippen LogP contribution >= 0.6 is 0 Å². The molecule has 1 fully saturated rings. The summed E-state index contributed by atoms with van der Waals surface area (Å²) in [5.74, 6) is -0.996. The zero-order valence-electron chi connectivity index (χ0n) is 18.5. The minimum absolute atomic E-state index is 0.0480. The number of sulfonamides is 1. The van der Waals surface area contributed by atoms with Gasteiger partial charge in [-0.3, -0.25) is 4.79 Å². The summed E-state index contributed by atoms with van der Waals surface area (Å²) in [6.07, 6.45) is 0.572. The monoisotopic (exact) mass is 486 g/mol. The molecule has 4 rings (SSSR count). The Kier molecular flexibility index (Phi) is 6.95. The second kappa shape index (κ2) is 9.90. The molecule has 3 aromatic carbocycles. The first-order valence-electron chi connectivity index (χ1n) is 10.8. The highest BCUT2D eigenvalue weighted by Crippen LogP contribution is 2.29. The number of hydrogen-bond acceptors (Lipinski definition) is 4. The highest BCUT2D eigenvalue weighted by atomic mass is 32.2. The second-order valence-electron chi connectivity index (χ2n) is 8.06. The normalized spacial score (nSPS) is 15.1. The highest BCUT2D eigenvalue weighted by molar-refractivity contribution is 7.89. The van der Waals surface area contributed by atoms with Crippen LogP contribution in [0.1, 0.15) is 12.8 Å². The molecule has 9 heteroatoms. The predicted octanol–water partition coefficient (Wildman–Crippen LogP) is 4.82. The van der Waals surface area contributed by atoms with Crippen LogP contribution in [-0.4, -0.2) is 38.8 Å². The molecule has 0 spiro atoms. The van der Waals surface area contributed by atoms with Crippen LogP contribution in [0, 0.1) is 17.6 Å². The Labute approximate surface area is 197 Å². The van der Waals surface area contributed by atoms with E-state index in [-0.39, 0.29) is 37.8 Å². The Bertz CT molecular complexity index is 1260. The van der Waals surface area contributed by atoms with Crippen LogP contribution in [0.2, 0.25) is 0 Å². The van der Waals surface area contributed by atoms with Crippen molar-refractivity contribution in [1.82, 2.24) is 4.31 Å². The molecule has 6 nitrogen and oxygen atoms in total. The van der Waals surface area contributed by atoms with Crippen LogP contribution in [0.25, 0.3) is 0 Å². The molecule has 0 saturated carbocycles. The van der Waals surface area contributed by atoms with Crippen LogP contribution in [0.4, 0.5) is 14.5 Å². The number of hydrogen-bond donors (Lipinski definition) is 0. The molecular formula is C25H24F2N2O4S. The van der Waals surface area contributed by atoms with Crippen molar-refractivity contribution in [2.45, 2.75) is 17.7 Å². The number of carbonyl (C=O) groups is 1. The van der Waals surface area contributed by atoms with Crippen LogP contribution in [0.3, 0.4) is 0 Å². The average Bonchev–Trinajstić information content (AvgIpc) is 2.86. The number of benzene rings is 3. The maximum absolute atomic E-state index is 14.0. The minimum Gasteiger partial charge on any atom is -0.457 e. The minimum atomic E-state index is -4.19. The van der Waals surface area contributed by atoms with Crippen molar-refractivity contribution in [2.75, 3.05) is 25.0 Å². The topological polar surface area (TPSA) is 66.9 Å². The molecule has 1 heterocycles. The van der Waals surface area contributed by atoms with Crippen molar-refractivity contribution >= 4 is 21.6 Å². The average molecular weight is 487 g/mol. The number of rotatable bonds is 6. The van der Waals surface area contributed by atoms with Gasteiger partial charge in [-0.05, 0) is 67.4 Å². The number of para-hydroxylation sites is 1. The van der Waals surface area contributed by atoms with Crippen molar-refractivity contribution in [2.24, 2.45) is 5.92 Å². The molecule has 3 aromatic rings. The van der Waals surface area contributed by atoms with Gasteiger partial charge in [0, 0.05) is 31.7 Å². The van der Waals surface area contributed by atoms with Crippen molar-refractivity contribution < 1.29 is 26.7 Å². The van der Waals surface area contributed by atoms with E-state index in [1.165, 1.54) is 4.90 Å². The summed E-state index contributed by atoms with van der Waals surface area (Å²) in [4.78, 5) is 13.9. The van der Waals surface area contributed by atoms with Gasteiger partial charge in [0.2, 0.25) is 15.9 Å². The third kappa shape index (κ3) is 5.10. The summed E-state index contributed by atoms with van der Waals surface area (Å²) in [6, 6.07) is 18.8. The van der Waals surface area contributed by atoms with E-state index in [0.29, 0.717) is 23.3 Å². The third-order valence-electron chi connectivity index (χ3n) is 5.85. The molecule has 0 aliphatic carbocycles. The van der Waals surface area contributed by atoms with Gasteiger partial charge in [0.05, 0.1) is 0 Å². The van der Waals surface area contributed by atoms with E-state index in [1.807, 2.05) is 30.3 Å². The summed E-state index contributed by atoms with van der Waals surface area (Å²) in [5.41, 5.74) is 0.683. The molecule has 0 N–H and O–H groups in total. The molecule has 0 unspecified atom stereocenters. The Hall–Kier alpha value is -3.30. The van der Waals surface area contributed by atoms with Crippen LogP contribution in [0.15, 0.2) is 77.7 Å². The maximum Gasteiger partial charge on any atom is 0.246 e. The third-order valence-corrected chi connectivity index (χ3v) is 7.76. The number of ether oxygens (including phenoxy) is 1. The van der Waals surface area contributed by atoms with Crippen LogP contribution in [0.5, 0.6) is 11.5 Å². The SMILES string of the molecule is CN(C(=O)C1CCN(S(=O)(=O)c2cc(F)ccc2F)CC1)c1ccc(Oc2ccccc2)cc1. The molecule has 1 saturated heterocycles.